The zero-order valence-electron chi connectivity index (χ0n) is 9.55. The summed E-state index contributed by atoms with van der Waals surface area (Å²) in [5.41, 5.74) is 1.70. The van der Waals surface area contributed by atoms with Gasteiger partial charge in [-0.1, -0.05) is 6.92 Å². The molecule has 2 N–H and O–H groups in total. The van der Waals surface area contributed by atoms with Gasteiger partial charge in [-0.15, -0.1) is 0 Å². The third kappa shape index (κ3) is 3.84. The quantitative estimate of drug-likeness (QED) is 0.872. The Hall–Kier alpha value is -1.05. The van der Waals surface area contributed by atoms with Gasteiger partial charge in [0, 0.05) is 16.7 Å². The van der Waals surface area contributed by atoms with Gasteiger partial charge < -0.3 is 10.6 Å². The molecule has 1 rings (SSSR count). The molecule has 1 aromatic carbocycles. The second kappa shape index (κ2) is 6.51. The second-order valence-electron chi connectivity index (χ2n) is 3.85. The van der Waals surface area contributed by atoms with Crippen LogP contribution in [0.5, 0.6) is 0 Å². The molecule has 16 heavy (non-hydrogen) atoms. The van der Waals surface area contributed by atoms with Crippen molar-refractivity contribution in [2.75, 3.05) is 25.5 Å². The lowest BCUT2D eigenvalue weighted by molar-refractivity contribution is 0.569. The molecule has 1 unspecified atom stereocenters. The number of hydrogen-bond donors (Lipinski definition) is 2. The van der Waals surface area contributed by atoms with Crippen molar-refractivity contribution in [1.82, 2.24) is 5.32 Å². The monoisotopic (exact) mass is 281 g/mol. The minimum Gasteiger partial charge on any atom is -0.384 e. The van der Waals surface area contributed by atoms with Gasteiger partial charge >= 0.3 is 0 Å². The number of halogens is 1. The Bertz CT molecular complexity index is 384. The summed E-state index contributed by atoms with van der Waals surface area (Å²) in [5.74, 6) is 0.563. The van der Waals surface area contributed by atoms with E-state index in [1.807, 2.05) is 25.2 Å². The Morgan fingerprint density at radius 3 is 2.75 bits per heavy atom. The maximum Gasteiger partial charge on any atom is 0.0992 e. The highest BCUT2D eigenvalue weighted by Gasteiger charge is 2.03. The van der Waals surface area contributed by atoms with E-state index in [0.29, 0.717) is 11.5 Å². The van der Waals surface area contributed by atoms with Gasteiger partial charge in [0.05, 0.1) is 11.6 Å². The SMILES string of the molecule is CNCC(C)CNc1ccc(C#N)cc1Br. The Kier molecular flexibility index (Phi) is 5.30. The molecule has 0 bridgehead atoms. The third-order valence-corrected chi connectivity index (χ3v) is 2.95. The second-order valence-corrected chi connectivity index (χ2v) is 4.70. The number of nitriles is 1. The van der Waals surface area contributed by atoms with E-state index >= 15 is 0 Å². The first kappa shape index (κ1) is 13.0. The molecule has 1 aromatic rings. The molecule has 0 radical (unpaired) electrons. The molecule has 0 fully saturated rings. The van der Waals surface area contributed by atoms with Crippen LogP contribution < -0.4 is 10.6 Å². The molecule has 0 amide bonds. The molecule has 0 heterocycles. The lowest BCUT2D eigenvalue weighted by atomic mass is 10.1. The molecule has 3 nitrogen and oxygen atoms in total. The van der Waals surface area contributed by atoms with Crippen LogP contribution in [0.15, 0.2) is 22.7 Å². The summed E-state index contributed by atoms with van der Waals surface area (Å²) in [6, 6.07) is 7.68. The van der Waals surface area contributed by atoms with Crippen LogP contribution in [0.25, 0.3) is 0 Å². The smallest absolute Gasteiger partial charge is 0.0992 e. The van der Waals surface area contributed by atoms with E-state index in [4.69, 9.17) is 5.26 Å². The first-order valence-electron chi connectivity index (χ1n) is 5.25. The van der Waals surface area contributed by atoms with Crippen LogP contribution in [-0.4, -0.2) is 20.1 Å². The first-order chi connectivity index (χ1) is 7.67. The number of nitrogens with zero attached hydrogens (tertiary/aromatic N) is 1. The van der Waals surface area contributed by atoms with Crippen LogP contribution in [0.1, 0.15) is 12.5 Å². The van der Waals surface area contributed by atoms with Crippen molar-refractivity contribution in [1.29, 1.82) is 5.26 Å². The average molecular weight is 282 g/mol. The molecule has 1 atom stereocenters. The van der Waals surface area contributed by atoms with E-state index in [2.05, 4.69) is 39.6 Å². The van der Waals surface area contributed by atoms with Crippen molar-refractivity contribution >= 4 is 21.6 Å². The Labute approximate surface area is 105 Å². The number of nitrogens with one attached hydrogen (secondary N) is 2. The molecule has 4 heteroatoms. The number of rotatable bonds is 5. The molecular weight excluding hydrogens is 266 g/mol. The van der Waals surface area contributed by atoms with Crippen LogP contribution >= 0.6 is 15.9 Å². The van der Waals surface area contributed by atoms with Crippen molar-refractivity contribution in [3.05, 3.63) is 28.2 Å². The van der Waals surface area contributed by atoms with Gasteiger partial charge in [-0.2, -0.15) is 5.26 Å². The van der Waals surface area contributed by atoms with Crippen LogP contribution in [0, 0.1) is 17.2 Å². The average Bonchev–Trinajstić information content (AvgIpc) is 2.27. The fourth-order valence-electron chi connectivity index (χ4n) is 1.43. The topological polar surface area (TPSA) is 47.8 Å². The number of benzene rings is 1. The standard InChI is InChI=1S/C12H16BrN3/c1-9(7-15-2)8-16-12-4-3-10(6-14)5-11(12)13/h3-5,9,15-16H,7-8H2,1-2H3. The predicted molar refractivity (Wildman–Crippen MR) is 70.4 cm³/mol. The summed E-state index contributed by atoms with van der Waals surface area (Å²) in [4.78, 5) is 0. The van der Waals surface area contributed by atoms with Gasteiger partial charge in [-0.25, -0.2) is 0 Å². The summed E-state index contributed by atoms with van der Waals surface area (Å²) in [7, 11) is 1.95. The molecular formula is C12H16BrN3. The van der Waals surface area contributed by atoms with Crippen molar-refractivity contribution in [2.24, 2.45) is 5.92 Å². The summed E-state index contributed by atoms with van der Waals surface area (Å²) >= 11 is 3.45. The summed E-state index contributed by atoms with van der Waals surface area (Å²) in [6.07, 6.45) is 0. The molecule has 0 aliphatic heterocycles. The third-order valence-electron chi connectivity index (χ3n) is 2.29. The molecule has 86 valence electrons. The Morgan fingerprint density at radius 2 is 2.19 bits per heavy atom. The van der Waals surface area contributed by atoms with Gasteiger partial charge in [0.25, 0.3) is 0 Å². The minimum atomic E-state index is 0.563. The van der Waals surface area contributed by atoms with Gasteiger partial charge in [-0.05, 0) is 53.6 Å². The Balaban J connectivity index is 2.58. The first-order valence-corrected chi connectivity index (χ1v) is 6.04. The summed E-state index contributed by atoms with van der Waals surface area (Å²) in [6.45, 7) is 4.08. The molecule has 0 spiro atoms. The van der Waals surface area contributed by atoms with Crippen molar-refractivity contribution in [3.63, 3.8) is 0 Å². The van der Waals surface area contributed by atoms with Gasteiger partial charge in [-0.3, -0.25) is 0 Å². The van der Waals surface area contributed by atoms with E-state index in [-0.39, 0.29) is 0 Å². The molecule has 0 saturated carbocycles. The van der Waals surface area contributed by atoms with Gasteiger partial charge in [0.1, 0.15) is 0 Å². The fourth-order valence-corrected chi connectivity index (χ4v) is 1.95. The fraction of sp³-hybridized carbons (Fsp3) is 0.417. The number of anilines is 1. The minimum absolute atomic E-state index is 0.563. The molecule has 0 aliphatic rings. The van der Waals surface area contributed by atoms with Crippen molar-refractivity contribution in [3.8, 4) is 6.07 Å². The summed E-state index contributed by atoms with van der Waals surface area (Å²) < 4.78 is 0.934. The molecule has 0 aromatic heterocycles. The van der Waals surface area contributed by atoms with E-state index in [1.54, 1.807) is 0 Å². The van der Waals surface area contributed by atoms with Gasteiger partial charge in [0.2, 0.25) is 0 Å². The normalized spacial score (nSPS) is 11.9. The van der Waals surface area contributed by atoms with E-state index in [9.17, 15) is 0 Å². The van der Waals surface area contributed by atoms with E-state index in [0.717, 1.165) is 23.2 Å². The lowest BCUT2D eigenvalue weighted by Crippen LogP contribution is -2.22. The summed E-state index contributed by atoms with van der Waals surface area (Å²) in [5, 5.41) is 15.2. The predicted octanol–water partition coefficient (Wildman–Crippen LogP) is 2.59. The van der Waals surface area contributed by atoms with Gasteiger partial charge in [0.15, 0.2) is 0 Å². The van der Waals surface area contributed by atoms with Crippen LogP contribution in [0.3, 0.4) is 0 Å². The maximum atomic E-state index is 8.74. The highest BCUT2D eigenvalue weighted by atomic mass is 79.9. The lowest BCUT2D eigenvalue weighted by Gasteiger charge is -2.14. The van der Waals surface area contributed by atoms with Crippen LogP contribution in [-0.2, 0) is 0 Å². The zero-order valence-corrected chi connectivity index (χ0v) is 11.1. The highest BCUT2D eigenvalue weighted by molar-refractivity contribution is 9.10. The van der Waals surface area contributed by atoms with E-state index < -0.39 is 0 Å². The maximum absolute atomic E-state index is 8.74. The van der Waals surface area contributed by atoms with E-state index in [1.165, 1.54) is 0 Å². The molecule has 0 aliphatic carbocycles. The Morgan fingerprint density at radius 1 is 1.44 bits per heavy atom. The van der Waals surface area contributed by atoms with Crippen molar-refractivity contribution < 1.29 is 0 Å². The zero-order chi connectivity index (χ0) is 12.0. The highest BCUT2D eigenvalue weighted by Crippen LogP contribution is 2.23. The van der Waals surface area contributed by atoms with Crippen molar-refractivity contribution in [2.45, 2.75) is 6.92 Å². The number of hydrogen-bond acceptors (Lipinski definition) is 3. The van der Waals surface area contributed by atoms with Crippen LogP contribution in [0.2, 0.25) is 0 Å². The largest absolute Gasteiger partial charge is 0.384 e. The molecule has 0 saturated heterocycles. The van der Waals surface area contributed by atoms with Crippen LogP contribution in [0.4, 0.5) is 5.69 Å².